The number of hydrogen-bond donors (Lipinski definition) is 2. The lowest BCUT2D eigenvalue weighted by molar-refractivity contribution is 0.474. The van der Waals surface area contributed by atoms with Crippen molar-refractivity contribution >= 4 is 16.5 Å². The molecule has 2 rings (SSSR count). The number of anilines is 1. The van der Waals surface area contributed by atoms with Gasteiger partial charge < -0.3 is 10.4 Å². The number of nitrogens with one attached hydrogen (secondary N) is 1. The van der Waals surface area contributed by atoms with E-state index in [-0.39, 0.29) is 5.75 Å². The molecular weight excluding hydrogens is 246 g/mol. The average Bonchev–Trinajstić information content (AvgIpc) is 2.73. The molecule has 18 heavy (non-hydrogen) atoms. The van der Waals surface area contributed by atoms with Crippen molar-refractivity contribution in [3.8, 4) is 5.75 Å². The van der Waals surface area contributed by atoms with Crippen molar-refractivity contribution in [2.75, 3.05) is 5.32 Å². The summed E-state index contributed by atoms with van der Waals surface area (Å²) in [7, 11) is 0. The maximum absolute atomic E-state index is 9.36. The maximum atomic E-state index is 9.36. The standard InChI is InChI=1S/C13H17N3OS/c1-9(2)6-12-15-16-13(18-12)14-8-10-4-3-5-11(17)7-10/h3-5,7,9,17H,6,8H2,1-2H3,(H,14,16). The Morgan fingerprint density at radius 3 is 2.89 bits per heavy atom. The first-order valence-corrected chi connectivity index (χ1v) is 6.79. The molecule has 0 bridgehead atoms. The van der Waals surface area contributed by atoms with E-state index >= 15 is 0 Å². The highest BCUT2D eigenvalue weighted by Crippen LogP contribution is 2.19. The van der Waals surface area contributed by atoms with Crippen LogP contribution in [0, 0.1) is 5.92 Å². The van der Waals surface area contributed by atoms with E-state index < -0.39 is 0 Å². The summed E-state index contributed by atoms with van der Waals surface area (Å²) >= 11 is 1.59. The molecule has 0 aliphatic rings. The van der Waals surface area contributed by atoms with Crippen LogP contribution < -0.4 is 5.32 Å². The minimum atomic E-state index is 0.284. The largest absolute Gasteiger partial charge is 0.508 e. The van der Waals surface area contributed by atoms with Crippen molar-refractivity contribution < 1.29 is 5.11 Å². The second-order valence-corrected chi connectivity index (χ2v) is 5.68. The first-order valence-electron chi connectivity index (χ1n) is 5.97. The highest BCUT2D eigenvalue weighted by atomic mass is 32.1. The Morgan fingerprint density at radius 1 is 1.33 bits per heavy atom. The van der Waals surface area contributed by atoms with Crippen LogP contribution in [-0.4, -0.2) is 15.3 Å². The van der Waals surface area contributed by atoms with Crippen LogP contribution in [0.3, 0.4) is 0 Å². The number of phenolic OH excluding ortho intramolecular Hbond substituents is 1. The molecule has 96 valence electrons. The predicted octanol–water partition coefficient (Wildman–Crippen LogP) is 3.05. The van der Waals surface area contributed by atoms with Crippen LogP contribution in [0.4, 0.5) is 5.13 Å². The Balaban J connectivity index is 1.92. The monoisotopic (exact) mass is 263 g/mol. The van der Waals surface area contributed by atoms with Crippen LogP contribution in [0.25, 0.3) is 0 Å². The van der Waals surface area contributed by atoms with Crippen LogP contribution in [0.15, 0.2) is 24.3 Å². The van der Waals surface area contributed by atoms with Gasteiger partial charge in [-0.25, -0.2) is 0 Å². The smallest absolute Gasteiger partial charge is 0.205 e. The molecule has 0 aliphatic carbocycles. The number of phenols is 1. The normalized spacial score (nSPS) is 10.8. The summed E-state index contributed by atoms with van der Waals surface area (Å²) in [5.74, 6) is 0.879. The Kier molecular flexibility index (Phi) is 4.15. The van der Waals surface area contributed by atoms with Gasteiger partial charge in [-0.05, 0) is 23.6 Å². The summed E-state index contributed by atoms with van der Waals surface area (Å²) in [5, 5.41) is 22.7. The molecule has 0 amide bonds. The van der Waals surface area contributed by atoms with E-state index in [9.17, 15) is 5.11 Å². The summed E-state index contributed by atoms with van der Waals surface area (Å²) in [6.45, 7) is 4.98. The lowest BCUT2D eigenvalue weighted by Crippen LogP contribution is -1.98. The van der Waals surface area contributed by atoms with Crippen molar-refractivity contribution in [1.29, 1.82) is 0 Å². The molecule has 0 unspecified atom stereocenters. The van der Waals surface area contributed by atoms with Crippen molar-refractivity contribution in [3.05, 3.63) is 34.8 Å². The third-order valence-corrected chi connectivity index (χ3v) is 3.31. The molecule has 0 atom stereocenters. The van der Waals surface area contributed by atoms with Gasteiger partial charge in [0.05, 0.1) is 0 Å². The van der Waals surface area contributed by atoms with E-state index in [1.807, 2.05) is 12.1 Å². The quantitative estimate of drug-likeness (QED) is 0.870. The molecule has 1 heterocycles. The van der Waals surface area contributed by atoms with Gasteiger partial charge in [0.1, 0.15) is 10.8 Å². The highest BCUT2D eigenvalue weighted by molar-refractivity contribution is 7.15. The molecule has 1 aromatic heterocycles. The minimum Gasteiger partial charge on any atom is -0.508 e. The van der Waals surface area contributed by atoms with Crippen LogP contribution in [0.2, 0.25) is 0 Å². The molecule has 5 heteroatoms. The zero-order chi connectivity index (χ0) is 13.0. The van der Waals surface area contributed by atoms with Crippen LogP contribution >= 0.6 is 11.3 Å². The molecule has 0 radical (unpaired) electrons. The van der Waals surface area contributed by atoms with Gasteiger partial charge >= 0.3 is 0 Å². The van der Waals surface area contributed by atoms with Crippen molar-refractivity contribution in [1.82, 2.24) is 10.2 Å². The van der Waals surface area contributed by atoms with Gasteiger partial charge in [-0.1, -0.05) is 37.3 Å². The van der Waals surface area contributed by atoms with Gasteiger partial charge in [0.15, 0.2) is 0 Å². The SMILES string of the molecule is CC(C)Cc1nnc(NCc2cccc(O)c2)s1. The molecule has 0 fully saturated rings. The summed E-state index contributed by atoms with van der Waals surface area (Å²) < 4.78 is 0. The highest BCUT2D eigenvalue weighted by Gasteiger charge is 2.05. The first kappa shape index (κ1) is 12.8. The van der Waals surface area contributed by atoms with E-state index in [1.54, 1.807) is 23.5 Å². The number of aromatic hydroxyl groups is 1. The van der Waals surface area contributed by atoms with Gasteiger partial charge in [0.2, 0.25) is 5.13 Å². The molecule has 1 aromatic carbocycles. The number of aromatic nitrogens is 2. The van der Waals surface area contributed by atoms with Crippen LogP contribution in [0.1, 0.15) is 24.4 Å². The fourth-order valence-corrected chi connectivity index (χ4v) is 2.55. The van der Waals surface area contributed by atoms with Gasteiger partial charge in [0.25, 0.3) is 0 Å². The second kappa shape index (κ2) is 5.82. The molecule has 0 saturated carbocycles. The lowest BCUT2D eigenvalue weighted by atomic mass is 10.1. The summed E-state index contributed by atoms with van der Waals surface area (Å²) in [5.41, 5.74) is 1.02. The summed E-state index contributed by atoms with van der Waals surface area (Å²) in [6, 6.07) is 7.19. The Morgan fingerprint density at radius 2 is 2.17 bits per heavy atom. The number of benzene rings is 1. The predicted molar refractivity (Wildman–Crippen MR) is 73.9 cm³/mol. The van der Waals surface area contributed by atoms with Crippen molar-refractivity contribution in [2.24, 2.45) is 5.92 Å². The fraction of sp³-hybridized carbons (Fsp3) is 0.385. The molecule has 2 aromatic rings. The minimum absolute atomic E-state index is 0.284. The Labute approximate surface area is 111 Å². The fourth-order valence-electron chi connectivity index (χ4n) is 1.60. The molecule has 0 saturated heterocycles. The zero-order valence-electron chi connectivity index (χ0n) is 10.6. The van der Waals surface area contributed by atoms with Gasteiger partial charge in [0, 0.05) is 13.0 Å². The molecule has 2 N–H and O–H groups in total. The van der Waals surface area contributed by atoms with E-state index in [2.05, 4.69) is 29.4 Å². The molecule has 0 aliphatic heterocycles. The third kappa shape index (κ3) is 3.70. The molecule has 4 nitrogen and oxygen atoms in total. The summed E-state index contributed by atoms with van der Waals surface area (Å²) in [4.78, 5) is 0. The summed E-state index contributed by atoms with van der Waals surface area (Å²) in [6.07, 6.45) is 0.964. The van der Waals surface area contributed by atoms with Gasteiger partial charge in [-0.15, -0.1) is 10.2 Å². The van der Waals surface area contributed by atoms with Crippen molar-refractivity contribution in [2.45, 2.75) is 26.8 Å². The Hall–Kier alpha value is -1.62. The average molecular weight is 263 g/mol. The lowest BCUT2D eigenvalue weighted by Gasteiger charge is -2.02. The van der Waals surface area contributed by atoms with E-state index in [1.165, 1.54) is 0 Å². The first-order chi connectivity index (χ1) is 8.63. The van der Waals surface area contributed by atoms with Gasteiger partial charge in [-0.3, -0.25) is 0 Å². The Bertz CT molecular complexity index is 510. The van der Waals surface area contributed by atoms with Crippen LogP contribution in [-0.2, 0) is 13.0 Å². The second-order valence-electron chi connectivity index (χ2n) is 4.62. The number of rotatable bonds is 5. The molecule has 0 spiro atoms. The van der Waals surface area contributed by atoms with E-state index in [0.29, 0.717) is 12.5 Å². The number of nitrogens with zero attached hydrogens (tertiary/aromatic N) is 2. The third-order valence-electron chi connectivity index (χ3n) is 2.40. The molecular formula is C13H17N3OS. The zero-order valence-corrected chi connectivity index (χ0v) is 11.4. The van der Waals surface area contributed by atoms with E-state index in [0.717, 1.165) is 22.1 Å². The van der Waals surface area contributed by atoms with Crippen LogP contribution in [0.5, 0.6) is 5.75 Å². The van der Waals surface area contributed by atoms with Gasteiger partial charge in [-0.2, -0.15) is 0 Å². The van der Waals surface area contributed by atoms with E-state index in [4.69, 9.17) is 0 Å². The topological polar surface area (TPSA) is 58.0 Å². The number of hydrogen-bond acceptors (Lipinski definition) is 5. The van der Waals surface area contributed by atoms with Crippen molar-refractivity contribution in [3.63, 3.8) is 0 Å². The maximum Gasteiger partial charge on any atom is 0.205 e.